The fourth-order valence-electron chi connectivity index (χ4n) is 3.04. The summed E-state index contributed by atoms with van der Waals surface area (Å²) in [6.07, 6.45) is 7.12. The highest BCUT2D eigenvalue weighted by Gasteiger charge is 2.24. The minimum absolute atomic E-state index is 0.195. The Morgan fingerprint density at radius 2 is 2.21 bits per heavy atom. The second-order valence-electron chi connectivity index (χ2n) is 5.76. The molecule has 0 N–H and O–H groups in total. The lowest BCUT2D eigenvalue weighted by molar-refractivity contribution is -0.0312. The van der Waals surface area contributed by atoms with Gasteiger partial charge >= 0.3 is 0 Å². The van der Waals surface area contributed by atoms with Crippen molar-refractivity contribution in [2.75, 3.05) is 5.33 Å². The highest BCUT2D eigenvalue weighted by Crippen LogP contribution is 2.32. The van der Waals surface area contributed by atoms with Crippen LogP contribution in [0.5, 0.6) is 0 Å². The van der Waals surface area contributed by atoms with Crippen molar-refractivity contribution >= 4 is 15.9 Å². The molecule has 0 amide bonds. The molecule has 1 aliphatic rings. The first-order valence-corrected chi connectivity index (χ1v) is 8.63. The van der Waals surface area contributed by atoms with Gasteiger partial charge in [-0.15, -0.1) is 0 Å². The van der Waals surface area contributed by atoms with Crippen molar-refractivity contribution in [3.63, 3.8) is 0 Å². The van der Waals surface area contributed by atoms with E-state index in [0.29, 0.717) is 6.10 Å². The molecule has 0 bridgehead atoms. The Hall–Kier alpha value is -0.340. The molecule has 0 spiro atoms. The second kappa shape index (κ2) is 7.44. The summed E-state index contributed by atoms with van der Waals surface area (Å²) in [6.45, 7) is 4.44. The third-order valence-electron chi connectivity index (χ3n) is 4.22. The third kappa shape index (κ3) is 4.32. The van der Waals surface area contributed by atoms with Crippen LogP contribution in [0.4, 0.5) is 0 Å². The molecule has 106 valence electrons. The molecular weight excluding hydrogens is 300 g/mol. The van der Waals surface area contributed by atoms with E-state index >= 15 is 0 Å². The van der Waals surface area contributed by atoms with Crippen molar-refractivity contribution in [3.8, 4) is 0 Å². The zero-order valence-corrected chi connectivity index (χ0v) is 13.7. The first-order chi connectivity index (χ1) is 9.22. The first-order valence-electron chi connectivity index (χ1n) is 7.51. The number of alkyl halides is 1. The summed E-state index contributed by atoms with van der Waals surface area (Å²) < 4.78 is 6.37. The lowest BCUT2D eigenvalue weighted by atomic mass is 9.85. The van der Waals surface area contributed by atoms with E-state index in [2.05, 4.69) is 54.0 Å². The fraction of sp³-hybridized carbons (Fsp3) is 0.647. The Balaban J connectivity index is 1.99. The predicted octanol–water partition coefficient (Wildman–Crippen LogP) is 5.42. The molecule has 0 saturated heterocycles. The summed E-state index contributed by atoms with van der Waals surface area (Å²) in [7, 11) is 0. The summed E-state index contributed by atoms with van der Waals surface area (Å²) in [4.78, 5) is 0. The van der Waals surface area contributed by atoms with Crippen molar-refractivity contribution in [2.24, 2.45) is 5.92 Å². The molecule has 1 nitrogen and oxygen atoms in total. The number of aryl methyl sites for hydroxylation is 1. The number of halogens is 1. The van der Waals surface area contributed by atoms with Crippen LogP contribution in [-0.2, 0) is 4.74 Å². The largest absolute Gasteiger partial charge is 0.369 e. The van der Waals surface area contributed by atoms with Gasteiger partial charge < -0.3 is 4.74 Å². The minimum Gasteiger partial charge on any atom is -0.369 e. The van der Waals surface area contributed by atoms with Crippen LogP contribution < -0.4 is 0 Å². The van der Waals surface area contributed by atoms with Crippen molar-refractivity contribution in [1.82, 2.24) is 0 Å². The van der Waals surface area contributed by atoms with Gasteiger partial charge in [0.05, 0.1) is 12.2 Å². The van der Waals surface area contributed by atoms with Crippen molar-refractivity contribution < 1.29 is 4.74 Å². The van der Waals surface area contributed by atoms with E-state index in [1.165, 1.54) is 43.2 Å². The highest BCUT2D eigenvalue weighted by atomic mass is 79.9. The lowest BCUT2D eigenvalue weighted by Crippen LogP contribution is -2.25. The van der Waals surface area contributed by atoms with Gasteiger partial charge in [0.1, 0.15) is 0 Å². The second-order valence-corrected chi connectivity index (χ2v) is 6.40. The van der Waals surface area contributed by atoms with Crippen LogP contribution in [-0.4, -0.2) is 11.4 Å². The van der Waals surface area contributed by atoms with Crippen molar-refractivity contribution in [2.45, 2.75) is 58.2 Å². The van der Waals surface area contributed by atoms with Gasteiger partial charge in [-0.3, -0.25) is 0 Å². The summed E-state index contributed by atoms with van der Waals surface area (Å²) in [5.41, 5.74) is 2.61. The minimum atomic E-state index is 0.195. The Kier molecular flexibility index (Phi) is 5.90. The molecule has 0 aliphatic heterocycles. The molecular formula is C17H25BrO. The maximum atomic E-state index is 6.37. The SMILES string of the molecule is CCC1CCCC(OC(CBr)c2cccc(C)c2)C1. The Labute approximate surface area is 125 Å². The quantitative estimate of drug-likeness (QED) is 0.657. The van der Waals surface area contributed by atoms with Gasteiger partial charge in [0.25, 0.3) is 0 Å². The predicted molar refractivity (Wildman–Crippen MR) is 84.8 cm³/mol. The van der Waals surface area contributed by atoms with Gasteiger partial charge in [-0.25, -0.2) is 0 Å². The molecule has 1 fully saturated rings. The number of benzene rings is 1. The Morgan fingerprint density at radius 1 is 1.37 bits per heavy atom. The summed E-state index contributed by atoms with van der Waals surface area (Å²) in [6, 6.07) is 8.69. The van der Waals surface area contributed by atoms with E-state index in [4.69, 9.17) is 4.74 Å². The van der Waals surface area contributed by atoms with Gasteiger partial charge in [-0.2, -0.15) is 0 Å². The smallest absolute Gasteiger partial charge is 0.0925 e. The number of rotatable bonds is 5. The number of ether oxygens (including phenoxy) is 1. The zero-order chi connectivity index (χ0) is 13.7. The van der Waals surface area contributed by atoms with E-state index in [0.717, 1.165) is 11.2 Å². The molecule has 0 heterocycles. The monoisotopic (exact) mass is 324 g/mol. The normalized spacial score (nSPS) is 25.2. The lowest BCUT2D eigenvalue weighted by Gasteiger charge is -2.31. The zero-order valence-electron chi connectivity index (χ0n) is 12.1. The van der Waals surface area contributed by atoms with E-state index in [1.54, 1.807) is 0 Å². The van der Waals surface area contributed by atoms with E-state index < -0.39 is 0 Å². The molecule has 3 atom stereocenters. The summed E-state index contributed by atoms with van der Waals surface area (Å²) in [5, 5.41) is 0.879. The first kappa shape index (κ1) is 15.1. The maximum Gasteiger partial charge on any atom is 0.0925 e. The highest BCUT2D eigenvalue weighted by molar-refractivity contribution is 9.09. The summed E-state index contributed by atoms with van der Waals surface area (Å²) >= 11 is 3.61. The molecule has 0 radical (unpaired) electrons. The van der Waals surface area contributed by atoms with Crippen LogP contribution in [0.2, 0.25) is 0 Å². The van der Waals surface area contributed by atoms with Gasteiger partial charge in [-0.05, 0) is 31.2 Å². The van der Waals surface area contributed by atoms with Crippen LogP contribution in [0.3, 0.4) is 0 Å². The molecule has 1 aliphatic carbocycles. The molecule has 1 aromatic rings. The van der Waals surface area contributed by atoms with E-state index in [-0.39, 0.29) is 6.10 Å². The molecule has 2 heteroatoms. The van der Waals surface area contributed by atoms with E-state index in [9.17, 15) is 0 Å². The standard InChI is InChI=1S/C17H25BrO/c1-3-14-7-5-9-16(11-14)19-17(12-18)15-8-4-6-13(2)10-15/h4,6,8,10,14,16-17H,3,5,7,9,11-12H2,1-2H3. The average molecular weight is 325 g/mol. The molecule has 3 unspecified atom stereocenters. The Morgan fingerprint density at radius 3 is 2.89 bits per heavy atom. The van der Waals surface area contributed by atoms with Gasteiger partial charge in [-0.1, -0.05) is 71.9 Å². The van der Waals surface area contributed by atoms with Crippen molar-refractivity contribution in [3.05, 3.63) is 35.4 Å². The molecule has 19 heavy (non-hydrogen) atoms. The van der Waals surface area contributed by atoms with Crippen LogP contribution in [0, 0.1) is 12.8 Å². The van der Waals surface area contributed by atoms with Gasteiger partial charge in [0.2, 0.25) is 0 Å². The van der Waals surface area contributed by atoms with Crippen molar-refractivity contribution in [1.29, 1.82) is 0 Å². The average Bonchev–Trinajstić information content (AvgIpc) is 2.45. The van der Waals surface area contributed by atoms with Crippen LogP contribution in [0.15, 0.2) is 24.3 Å². The molecule has 0 aromatic heterocycles. The molecule has 1 saturated carbocycles. The fourth-order valence-corrected chi connectivity index (χ4v) is 3.57. The Bertz CT molecular complexity index is 391. The molecule has 1 aromatic carbocycles. The maximum absolute atomic E-state index is 6.37. The van der Waals surface area contributed by atoms with Crippen LogP contribution in [0.1, 0.15) is 56.3 Å². The van der Waals surface area contributed by atoms with Crippen LogP contribution >= 0.6 is 15.9 Å². The van der Waals surface area contributed by atoms with Gasteiger partial charge in [0, 0.05) is 5.33 Å². The number of hydrogen-bond acceptors (Lipinski definition) is 1. The molecule has 2 rings (SSSR count). The topological polar surface area (TPSA) is 9.23 Å². The van der Waals surface area contributed by atoms with Gasteiger partial charge in [0.15, 0.2) is 0 Å². The summed E-state index contributed by atoms with van der Waals surface area (Å²) in [5.74, 6) is 0.868. The van der Waals surface area contributed by atoms with E-state index in [1.807, 2.05) is 0 Å². The van der Waals surface area contributed by atoms with Crippen LogP contribution in [0.25, 0.3) is 0 Å². The number of hydrogen-bond donors (Lipinski definition) is 0. The third-order valence-corrected chi connectivity index (χ3v) is 4.81.